The van der Waals surface area contributed by atoms with Crippen LogP contribution in [0.3, 0.4) is 0 Å². The van der Waals surface area contributed by atoms with Crippen LogP contribution >= 0.6 is 0 Å². The van der Waals surface area contributed by atoms with Gasteiger partial charge in [0.15, 0.2) is 0 Å². The molecule has 0 saturated carbocycles. The van der Waals surface area contributed by atoms with Crippen molar-refractivity contribution >= 4 is 17.8 Å². The minimum Gasteiger partial charge on any atom is -0.392 e. The molecule has 1 atom stereocenters. The molecule has 2 aliphatic rings. The molecule has 1 aliphatic heterocycles. The number of benzene rings is 1. The Labute approximate surface area is 185 Å². The highest BCUT2D eigenvalue weighted by molar-refractivity contribution is 5.89. The van der Waals surface area contributed by atoms with Crippen molar-refractivity contribution in [2.45, 2.75) is 38.3 Å². The molecular weight excluding hydrogens is 412 g/mol. The largest absolute Gasteiger partial charge is 0.392 e. The molecule has 1 saturated heterocycles. The lowest BCUT2D eigenvalue weighted by Crippen LogP contribution is -2.58. The van der Waals surface area contributed by atoms with Crippen LogP contribution in [0.2, 0.25) is 0 Å². The van der Waals surface area contributed by atoms with Crippen LogP contribution in [0, 0.1) is 0 Å². The van der Waals surface area contributed by atoms with Crippen molar-refractivity contribution < 1.29 is 14.7 Å². The Bertz CT molecular complexity index is 1100. The number of hydrogen-bond donors (Lipinski definition) is 3. The molecule has 32 heavy (non-hydrogen) atoms. The van der Waals surface area contributed by atoms with Gasteiger partial charge in [-0.25, -0.2) is 9.59 Å². The number of nitrogens with zero attached hydrogens (tertiary/aromatic N) is 4. The van der Waals surface area contributed by atoms with Crippen LogP contribution in [0.4, 0.5) is 10.6 Å². The van der Waals surface area contributed by atoms with Gasteiger partial charge in [0.05, 0.1) is 17.3 Å². The lowest BCUT2D eigenvalue weighted by atomic mass is 10.1. The lowest BCUT2D eigenvalue weighted by molar-refractivity contribution is -0.137. The van der Waals surface area contributed by atoms with E-state index in [1.807, 2.05) is 18.2 Å². The van der Waals surface area contributed by atoms with Crippen molar-refractivity contribution in [3.63, 3.8) is 0 Å². The number of anilines is 1. The summed E-state index contributed by atoms with van der Waals surface area (Å²) in [6.07, 6.45) is 2.38. The van der Waals surface area contributed by atoms with E-state index < -0.39 is 11.2 Å². The number of piperazine rings is 1. The van der Waals surface area contributed by atoms with Gasteiger partial charge in [-0.1, -0.05) is 6.07 Å². The summed E-state index contributed by atoms with van der Waals surface area (Å²) >= 11 is 0. The zero-order valence-corrected chi connectivity index (χ0v) is 18.2. The maximum absolute atomic E-state index is 12.6. The Morgan fingerprint density at radius 1 is 1.09 bits per heavy atom. The van der Waals surface area contributed by atoms with Crippen molar-refractivity contribution in [1.82, 2.24) is 19.4 Å². The molecular formula is C22H28N6O4. The van der Waals surface area contributed by atoms with Crippen LogP contribution in [-0.2, 0) is 17.6 Å². The first-order valence-corrected chi connectivity index (χ1v) is 10.7. The van der Waals surface area contributed by atoms with Crippen LogP contribution in [0.5, 0.6) is 0 Å². The highest BCUT2D eigenvalue weighted by Gasteiger charge is 2.31. The van der Waals surface area contributed by atoms with E-state index in [2.05, 4.69) is 10.3 Å². The fourth-order valence-electron chi connectivity index (χ4n) is 4.11. The number of nitrogens with two attached hydrogens (primary N) is 1. The molecule has 1 fully saturated rings. The predicted molar refractivity (Wildman–Crippen MR) is 119 cm³/mol. The summed E-state index contributed by atoms with van der Waals surface area (Å²) < 4.78 is 1.40. The van der Waals surface area contributed by atoms with Crippen molar-refractivity contribution in [3.8, 4) is 5.69 Å². The van der Waals surface area contributed by atoms with Crippen LogP contribution in [0.25, 0.3) is 5.69 Å². The molecule has 4 N–H and O–H groups in total. The number of hydrogen-bond acceptors (Lipinski definition) is 6. The Morgan fingerprint density at radius 2 is 1.75 bits per heavy atom. The lowest BCUT2D eigenvalue weighted by Gasteiger charge is -2.37. The van der Waals surface area contributed by atoms with Crippen LogP contribution in [-0.4, -0.2) is 74.2 Å². The second kappa shape index (κ2) is 8.36. The average Bonchev–Trinajstić information content (AvgIpc) is 3.12. The molecule has 10 nitrogen and oxygen atoms in total. The molecule has 0 radical (unpaired) electrons. The first-order chi connectivity index (χ1) is 15.1. The van der Waals surface area contributed by atoms with Crippen LogP contribution in [0.1, 0.15) is 25.0 Å². The Hall–Kier alpha value is -3.24. The van der Waals surface area contributed by atoms with E-state index in [9.17, 15) is 19.5 Å². The maximum atomic E-state index is 12.6. The van der Waals surface area contributed by atoms with Gasteiger partial charge in [0.2, 0.25) is 5.91 Å². The van der Waals surface area contributed by atoms with E-state index in [0.29, 0.717) is 44.7 Å². The summed E-state index contributed by atoms with van der Waals surface area (Å²) in [5.74, 6) is 0.0123. The summed E-state index contributed by atoms with van der Waals surface area (Å²) in [7, 11) is 0. The highest BCUT2D eigenvalue weighted by Crippen LogP contribution is 2.24. The smallest absolute Gasteiger partial charge is 0.354 e. The van der Waals surface area contributed by atoms with E-state index in [4.69, 9.17) is 5.73 Å². The second-order valence-electron chi connectivity index (χ2n) is 8.91. The Morgan fingerprint density at radius 3 is 2.41 bits per heavy atom. The number of aliphatic hydroxyl groups is 1. The van der Waals surface area contributed by atoms with E-state index >= 15 is 0 Å². The number of urea groups is 1. The molecule has 0 spiro atoms. The topological polar surface area (TPSA) is 134 Å². The Kier molecular flexibility index (Phi) is 5.74. The number of rotatable bonds is 3. The van der Waals surface area contributed by atoms with Crippen LogP contribution in [0.15, 0.2) is 35.3 Å². The van der Waals surface area contributed by atoms with Gasteiger partial charge in [0.25, 0.3) is 0 Å². The standard InChI is InChI=1S/C22H28N6O4/c1-22(2,23)19(30)26-7-9-27(10-8-26)20(31)24-18-5-6-28(21(32)25-18)16-4-3-14-12-17(29)13-15(14)11-16/h3-6,11,17,29H,7-10,12-13,23H2,1-2H3,(H,24,25,31,32). The zero-order chi connectivity index (χ0) is 23.0. The van der Waals surface area contributed by atoms with Gasteiger partial charge >= 0.3 is 11.7 Å². The molecule has 170 valence electrons. The molecule has 1 unspecified atom stereocenters. The molecule has 1 aromatic heterocycles. The first kappa shape index (κ1) is 22.0. The van der Waals surface area contributed by atoms with Crippen LogP contribution < -0.4 is 16.7 Å². The number of nitrogens with one attached hydrogen (secondary N) is 1. The monoisotopic (exact) mass is 440 g/mol. The zero-order valence-electron chi connectivity index (χ0n) is 18.2. The summed E-state index contributed by atoms with van der Waals surface area (Å²) in [6.45, 7) is 4.85. The number of carbonyl (C=O) groups is 2. The van der Waals surface area contributed by atoms with Gasteiger partial charge in [0.1, 0.15) is 5.82 Å². The average molecular weight is 441 g/mol. The van der Waals surface area contributed by atoms with E-state index in [1.165, 1.54) is 4.57 Å². The summed E-state index contributed by atoms with van der Waals surface area (Å²) in [5.41, 5.74) is 7.19. The van der Waals surface area contributed by atoms with Crippen molar-refractivity contribution in [1.29, 1.82) is 0 Å². The van der Waals surface area contributed by atoms with Gasteiger partial charge in [-0.15, -0.1) is 0 Å². The first-order valence-electron chi connectivity index (χ1n) is 10.7. The van der Waals surface area contributed by atoms with Gasteiger partial charge in [-0.05, 0) is 56.0 Å². The third kappa shape index (κ3) is 4.51. The van der Waals surface area contributed by atoms with Crippen molar-refractivity contribution in [2.24, 2.45) is 5.73 Å². The number of carbonyl (C=O) groups excluding carboxylic acids is 2. The molecule has 3 amide bonds. The number of aliphatic hydroxyl groups excluding tert-OH is 1. The van der Waals surface area contributed by atoms with Gasteiger partial charge in [-0.3, -0.25) is 14.7 Å². The van der Waals surface area contributed by atoms with Crippen molar-refractivity contribution in [3.05, 3.63) is 52.1 Å². The SMILES string of the molecule is CC(C)(N)C(=O)N1CCN(C(=O)Nc2ccn(-c3ccc4c(c3)CC(O)C4)c(=O)n2)CC1. The van der Waals surface area contributed by atoms with E-state index in [0.717, 1.165) is 11.1 Å². The maximum Gasteiger partial charge on any atom is 0.354 e. The van der Waals surface area contributed by atoms with E-state index in [-0.39, 0.29) is 23.9 Å². The molecule has 2 aromatic rings. The number of fused-ring (bicyclic) bond motifs is 1. The highest BCUT2D eigenvalue weighted by atomic mass is 16.3. The van der Waals surface area contributed by atoms with Crippen molar-refractivity contribution in [2.75, 3.05) is 31.5 Å². The van der Waals surface area contributed by atoms with Gasteiger partial charge < -0.3 is 20.6 Å². The molecule has 0 bridgehead atoms. The summed E-state index contributed by atoms with van der Waals surface area (Å²) in [6, 6.07) is 6.81. The predicted octanol–water partition coefficient (Wildman–Crippen LogP) is 0.105. The quantitative estimate of drug-likeness (QED) is 0.620. The Balaban J connectivity index is 1.39. The molecule has 1 aromatic carbocycles. The second-order valence-corrected chi connectivity index (χ2v) is 8.91. The minimum atomic E-state index is -0.947. The van der Waals surface area contributed by atoms with Gasteiger partial charge in [0, 0.05) is 32.4 Å². The summed E-state index contributed by atoms with van der Waals surface area (Å²) in [4.78, 5) is 44.6. The van der Waals surface area contributed by atoms with Gasteiger partial charge in [-0.2, -0.15) is 4.98 Å². The third-order valence-corrected chi connectivity index (χ3v) is 5.82. The number of aromatic nitrogens is 2. The fourth-order valence-corrected chi connectivity index (χ4v) is 4.11. The molecule has 4 rings (SSSR count). The molecule has 2 heterocycles. The third-order valence-electron chi connectivity index (χ3n) is 5.82. The number of amides is 3. The molecule has 10 heteroatoms. The van der Waals surface area contributed by atoms with E-state index in [1.54, 1.807) is 35.9 Å². The molecule has 1 aliphatic carbocycles. The fraction of sp³-hybridized carbons (Fsp3) is 0.455. The minimum absolute atomic E-state index is 0.149. The summed E-state index contributed by atoms with van der Waals surface area (Å²) in [5, 5.41) is 12.5. The normalized spacial score (nSPS) is 18.4.